The van der Waals surface area contributed by atoms with Crippen molar-refractivity contribution >= 4 is 17.9 Å². The Morgan fingerprint density at radius 3 is 0.929 bits per heavy atom. The Morgan fingerprint density at radius 1 is 0.357 bits per heavy atom. The second-order valence-electron chi connectivity index (χ2n) is 18.3. The van der Waals surface area contributed by atoms with Crippen molar-refractivity contribution in [3.05, 3.63) is 0 Å². The van der Waals surface area contributed by atoms with Gasteiger partial charge in [0.15, 0.2) is 6.10 Å². The summed E-state index contributed by atoms with van der Waals surface area (Å²) in [6, 6.07) is 0. The lowest BCUT2D eigenvalue weighted by atomic mass is 9.99. The second kappa shape index (κ2) is 41.6. The van der Waals surface area contributed by atoms with E-state index >= 15 is 0 Å². The molecule has 0 aliphatic rings. The maximum absolute atomic E-state index is 12.7. The number of ether oxygens (including phenoxy) is 3. The lowest BCUT2D eigenvalue weighted by Gasteiger charge is -2.18. The zero-order valence-electron chi connectivity index (χ0n) is 38.4. The maximum Gasteiger partial charge on any atom is 0.306 e. The number of hydrogen-bond acceptors (Lipinski definition) is 6. The highest BCUT2D eigenvalue weighted by Crippen LogP contribution is 2.18. The van der Waals surface area contributed by atoms with Crippen LogP contribution in [0.15, 0.2) is 0 Å². The Hall–Kier alpha value is -1.59. The quantitative estimate of drug-likeness (QED) is 0.0348. The molecule has 1 unspecified atom stereocenters. The van der Waals surface area contributed by atoms with Gasteiger partial charge in [-0.15, -0.1) is 0 Å². The first kappa shape index (κ1) is 54.4. The molecule has 0 bridgehead atoms. The number of carbonyl (C=O) groups is 3. The molecule has 0 amide bonds. The lowest BCUT2D eigenvalue weighted by molar-refractivity contribution is -0.167. The predicted molar refractivity (Wildman–Crippen MR) is 238 cm³/mol. The van der Waals surface area contributed by atoms with Crippen LogP contribution in [0.1, 0.15) is 266 Å². The second-order valence-corrected chi connectivity index (χ2v) is 18.3. The molecule has 0 rings (SSSR count). The van der Waals surface area contributed by atoms with Crippen LogP contribution < -0.4 is 0 Å². The Kier molecular flexibility index (Phi) is 40.4. The van der Waals surface area contributed by atoms with Crippen molar-refractivity contribution in [3.8, 4) is 0 Å². The van der Waals surface area contributed by atoms with Crippen LogP contribution in [0.4, 0.5) is 0 Å². The van der Waals surface area contributed by atoms with E-state index in [4.69, 9.17) is 14.2 Å². The molecule has 0 saturated carbocycles. The van der Waals surface area contributed by atoms with Crippen molar-refractivity contribution in [1.82, 2.24) is 0 Å². The summed E-state index contributed by atoms with van der Waals surface area (Å²) in [5.74, 6) is 1.62. The highest BCUT2D eigenvalue weighted by molar-refractivity contribution is 5.71. The molecule has 0 N–H and O–H groups in total. The molecule has 6 nitrogen and oxygen atoms in total. The van der Waals surface area contributed by atoms with Crippen LogP contribution in [-0.4, -0.2) is 37.2 Å². The highest BCUT2D eigenvalue weighted by Gasteiger charge is 2.19. The minimum atomic E-state index is -0.762. The van der Waals surface area contributed by atoms with Crippen molar-refractivity contribution < 1.29 is 28.6 Å². The van der Waals surface area contributed by atoms with Crippen LogP contribution in [0.3, 0.4) is 0 Å². The van der Waals surface area contributed by atoms with Gasteiger partial charge in [-0.25, -0.2) is 0 Å². The molecule has 0 aromatic heterocycles. The van der Waals surface area contributed by atoms with Crippen molar-refractivity contribution in [2.75, 3.05) is 13.2 Å². The van der Waals surface area contributed by atoms with Gasteiger partial charge in [0, 0.05) is 19.3 Å². The van der Waals surface area contributed by atoms with Gasteiger partial charge in [0.05, 0.1) is 0 Å². The van der Waals surface area contributed by atoms with E-state index in [0.29, 0.717) is 19.3 Å². The Bertz CT molecular complexity index is 870. The molecule has 0 radical (unpaired) electrons. The Balaban J connectivity index is 4.35. The largest absolute Gasteiger partial charge is 0.462 e. The van der Waals surface area contributed by atoms with Crippen molar-refractivity contribution in [2.24, 2.45) is 17.8 Å². The van der Waals surface area contributed by atoms with Crippen LogP contribution in [0.2, 0.25) is 0 Å². The average molecular weight is 793 g/mol. The fraction of sp³-hybridized carbons (Fsp3) is 0.940. The molecule has 332 valence electrons. The highest BCUT2D eigenvalue weighted by atomic mass is 16.6. The maximum atomic E-state index is 12.7. The summed E-state index contributed by atoms with van der Waals surface area (Å²) in [6.07, 6.45) is 39.4. The van der Waals surface area contributed by atoms with E-state index in [2.05, 4.69) is 41.5 Å². The fourth-order valence-corrected chi connectivity index (χ4v) is 7.38. The Morgan fingerprint density at radius 2 is 0.625 bits per heavy atom. The monoisotopic (exact) mass is 793 g/mol. The zero-order valence-corrected chi connectivity index (χ0v) is 38.4. The first-order chi connectivity index (χ1) is 27.1. The molecule has 0 fully saturated rings. The lowest BCUT2D eigenvalue weighted by Crippen LogP contribution is -2.30. The molecule has 0 saturated heterocycles. The average Bonchev–Trinajstić information content (AvgIpc) is 3.16. The summed E-state index contributed by atoms with van der Waals surface area (Å²) < 4.78 is 16.8. The van der Waals surface area contributed by atoms with Crippen LogP contribution >= 0.6 is 0 Å². The minimum Gasteiger partial charge on any atom is -0.462 e. The number of esters is 3. The Labute approximate surface area is 348 Å². The van der Waals surface area contributed by atoms with Gasteiger partial charge in [0.2, 0.25) is 0 Å². The van der Waals surface area contributed by atoms with Crippen LogP contribution in [0, 0.1) is 17.8 Å². The third-order valence-corrected chi connectivity index (χ3v) is 11.5. The molecule has 0 aliphatic heterocycles. The summed E-state index contributed by atoms with van der Waals surface area (Å²) in [6.45, 7) is 13.7. The van der Waals surface area contributed by atoms with E-state index in [1.54, 1.807) is 0 Å². The molecule has 0 spiro atoms. The van der Waals surface area contributed by atoms with Gasteiger partial charge in [-0.3, -0.25) is 14.4 Å². The molecule has 0 aromatic carbocycles. The number of hydrogen-bond donors (Lipinski definition) is 0. The van der Waals surface area contributed by atoms with E-state index in [-0.39, 0.29) is 31.1 Å². The molecule has 0 heterocycles. The molecule has 2 atom stereocenters. The predicted octanol–water partition coefficient (Wildman–Crippen LogP) is 15.6. The number of rotatable bonds is 43. The standard InChI is InChI=1S/C50H96O6/c1-7-46(6)38-32-26-20-16-17-22-28-34-40-49(52)55-43-47(56-50(53)41-35-29-23-15-11-9-13-19-25-31-37-45(4)5)42-54-48(51)39-33-27-21-14-10-8-12-18-24-30-36-44(2)3/h44-47H,7-43H2,1-6H3/t46?,47-/m0/s1. The molecule has 0 aliphatic carbocycles. The fourth-order valence-electron chi connectivity index (χ4n) is 7.38. The van der Waals surface area contributed by atoms with Gasteiger partial charge < -0.3 is 14.2 Å². The van der Waals surface area contributed by atoms with Crippen LogP contribution in [0.5, 0.6) is 0 Å². The summed E-state index contributed by atoms with van der Waals surface area (Å²) in [5, 5.41) is 0. The molecule has 56 heavy (non-hydrogen) atoms. The van der Waals surface area contributed by atoms with Gasteiger partial charge in [-0.1, -0.05) is 228 Å². The number of unbranched alkanes of at least 4 members (excludes halogenated alkanes) is 25. The van der Waals surface area contributed by atoms with E-state index in [9.17, 15) is 14.4 Å². The van der Waals surface area contributed by atoms with E-state index < -0.39 is 6.10 Å². The van der Waals surface area contributed by atoms with Crippen molar-refractivity contribution in [2.45, 2.75) is 272 Å². The summed E-state index contributed by atoms with van der Waals surface area (Å²) in [7, 11) is 0. The molecule has 0 aromatic rings. The summed E-state index contributed by atoms with van der Waals surface area (Å²) in [4.78, 5) is 37.8. The third kappa shape index (κ3) is 42.0. The normalized spacial score (nSPS) is 12.6. The topological polar surface area (TPSA) is 78.9 Å². The summed E-state index contributed by atoms with van der Waals surface area (Å²) in [5.41, 5.74) is 0. The van der Waals surface area contributed by atoms with Gasteiger partial charge in [0.25, 0.3) is 0 Å². The number of carbonyl (C=O) groups excluding carboxylic acids is 3. The van der Waals surface area contributed by atoms with Gasteiger partial charge in [-0.05, 0) is 37.0 Å². The van der Waals surface area contributed by atoms with Gasteiger partial charge in [-0.2, -0.15) is 0 Å². The summed E-state index contributed by atoms with van der Waals surface area (Å²) >= 11 is 0. The van der Waals surface area contributed by atoms with E-state index in [1.807, 2.05) is 0 Å². The van der Waals surface area contributed by atoms with Crippen molar-refractivity contribution in [3.63, 3.8) is 0 Å². The first-order valence-electron chi connectivity index (χ1n) is 24.6. The van der Waals surface area contributed by atoms with E-state index in [0.717, 1.165) is 75.5 Å². The SMILES string of the molecule is CCC(C)CCCCCCCCCCC(=O)OC[C@H](COC(=O)CCCCCCCCCCCCC(C)C)OC(=O)CCCCCCCCCCCCC(C)C. The van der Waals surface area contributed by atoms with Gasteiger partial charge in [0.1, 0.15) is 13.2 Å². The molecule has 6 heteroatoms. The zero-order chi connectivity index (χ0) is 41.3. The molecular formula is C50H96O6. The van der Waals surface area contributed by atoms with Crippen molar-refractivity contribution in [1.29, 1.82) is 0 Å². The van der Waals surface area contributed by atoms with Gasteiger partial charge >= 0.3 is 17.9 Å². The third-order valence-electron chi connectivity index (χ3n) is 11.5. The molecular weight excluding hydrogens is 697 g/mol. The van der Waals surface area contributed by atoms with Crippen LogP contribution in [-0.2, 0) is 28.6 Å². The smallest absolute Gasteiger partial charge is 0.306 e. The first-order valence-corrected chi connectivity index (χ1v) is 24.6. The minimum absolute atomic E-state index is 0.0656. The van der Waals surface area contributed by atoms with E-state index in [1.165, 1.54) is 148 Å². The van der Waals surface area contributed by atoms with Crippen LogP contribution in [0.25, 0.3) is 0 Å².